The van der Waals surface area contributed by atoms with Crippen molar-refractivity contribution in [2.24, 2.45) is 0 Å². The number of fused-ring (bicyclic) bond motifs is 1. The third-order valence-electron chi connectivity index (χ3n) is 4.31. The molecule has 2 aromatic carbocycles. The van der Waals surface area contributed by atoms with Gasteiger partial charge in [0.05, 0.1) is 23.2 Å². The van der Waals surface area contributed by atoms with Crippen molar-refractivity contribution in [3.05, 3.63) is 59.9 Å². The van der Waals surface area contributed by atoms with Crippen molar-refractivity contribution >= 4 is 28.6 Å². The van der Waals surface area contributed by atoms with Gasteiger partial charge in [-0.1, -0.05) is 25.5 Å². The number of aliphatic hydroxyl groups excluding tert-OH is 1. The van der Waals surface area contributed by atoms with Gasteiger partial charge < -0.3 is 19.7 Å². The van der Waals surface area contributed by atoms with E-state index in [0.717, 1.165) is 23.9 Å². The molecule has 0 radical (unpaired) electrons. The number of hydrogen-bond acceptors (Lipinski definition) is 5. The molecule has 0 saturated heterocycles. The molecule has 0 aliphatic carbocycles. The molecule has 7 nitrogen and oxygen atoms in total. The lowest BCUT2D eigenvalue weighted by Crippen LogP contribution is -2.20. The Morgan fingerprint density at radius 2 is 1.89 bits per heavy atom. The molecule has 28 heavy (non-hydrogen) atoms. The highest BCUT2D eigenvalue weighted by Crippen LogP contribution is 2.17. The van der Waals surface area contributed by atoms with Crippen molar-refractivity contribution in [2.75, 3.05) is 11.9 Å². The molecule has 0 bridgehead atoms. The number of nitrogens with zero attached hydrogens (tertiary/aromatic N) is 2. The molecule has 0 aliphatic rings. The number of carbonyl (C=O) groups is 2. The van der Waals surface area contributed by atoms with Gasteiger partial charge in [-0.25, -0.2) is 9.78 Å². The molecule has 0 unspecified atom stereocenters. The Morgan fingerprint density at radius 3 is 2.61 bits per heavy atom. The SMILES string of the molecule is CCCCOC(=O)c1ccc(NC(=O)Cn2c(CO)nc3ccccc32)cc1. The molecule has 1 aromatic heterocycles. The minimum Gasteiger partial charge on any atom is -0.462 e. The van der Waals surface area contributed by atoms with Crippen LogP contribution in [0.25, 0.3) is 11.0 Å². The summed E-state index contributed by atoms with van der Waals surface area (Å²) in [6.45, 7) is 2.20. The van der Waals surface area contributed by atoms with E-state index in [1.54, 1.807) is 28.8 Å². The summed E-state index contributed by atoms with van der Waals surface area (Å²) in [4.78, 5) is 28.7. The summed E-state index contributed by atoms with van der Waals surface area (Å²) in [5.41, 5.74) is 2.53. The first-order valence-electron chi connectivity index (χ1n) is 9.24. The minimum atomic E-state index is -0.371. The molecule has 0 fully saturated rings. The fourth-order valence-electron chi connectivity index (χ4n) is 2.85. The number of para-hydroxylation sites is 2. The van der Waals surface area contributed by atoms with Crippen LogP contribution in [0.1, 0.15) is 35.9 Å². The number of amides is 1. The molecule has 0 spiro atoms. The number of unbranched alkanes of at least 4 members (excludes halogenated alkanes) is 1. The fraction of sp³-hybridized carbons (Fsp3) is 0.286. The number of ether oxygens (including phenoxy) is 1. The average molecular weight is 381 g/mol. The highest BCUT2D eigenvalue weighted by Gasteiger charge is 2.13. The van der Waals surface area contributed by atoms with Gasteiger partial charge >= 0.3 is 5.97 Å². The van der Waals surface area contributed by atoms with Gasteiger partial charge in [0, 0.05) is 5.69 Å². The van der Waals surface area contributed by atoms with Crippen LogP contribution < -0.4 is 5.32 Å². The molecular formula is C21H23N3O4. The molecule has 2 N–H and O–H groups in total. The monoisotopic (exact) mass is 381 g/mol. The van der Waals surface area contributed by atoms with Gasteiger partial charge in [0.15, 0.2) is 0 Å². The fourth-order valence-corrected chi connectivity index (χ4v) is 2.85. The van der Waals surface area contributed by atoms with Gasteiger partial charge in [0.1, 0.15) is 19.0 Å². The largest absolute Gasteiger partial charge is 0.462 e. The van der Waals surface area contributed by atoms with E-state index in [2.05, 4.69) is 10.3 Å². The number of aromatic nitrogens is 2. The Morgan fingerprint density at radius 1 is 1.14 bits per heavy atom. The maximum absolute atomic E-state index is 12.5. The molecule has 7 heteroatoms. The van der Waals surface area contributed by atoms with Gasteiger partial charge in [-0.05, 0) is 42.8 Å². The van der Waals surface area contributed by atoms with Crippen molar-refractivity contribution in [2.45, 2.75) is 32.9 Å². The maximum Gasteiger partial charge on any atom is 0.338 e. The topological polar surface area (TPSA) is 93.5 Å². The summed E-state index contributed by atoms with van der Waals surface area (Å²) in [5.74, 6) is -0.193. The summed E-state index contributed by atoms with van der Waals surface area (Å²) in [5, 5.41) is 12.3. The number of anilines is 1. The molecule has 0 aliphatic heterocycles. The Kier molecular flexibility index (Phi) is 6.39. The number of carbonyl (C=O) groups excluding carboxylic acids is 2. The van der Waals surface area contributed by atoms with Crippen molar-refractivity contribution in [1.29, 1.82) is 0 Å². The van der Waals surface area contributed by atoms with Crippen LogP contribution in [0.4, 0.5) is 5.69 Å². The minimum absolute atomic E-state index is 0.0250. The quantitative estimate of drug-likeness (QED) is 0.462. The predicted molar refractivity (Wildman–Crippen MR) is 106 cm³/mol. The number of hydrogen-bond donors (Lipinski definition) is 2. The van der Waals surface area contributed by atoms with Crippen LogP contribution >= 0.6 is 0 Å². The van der Waals surface area contributed by atoms with Crippen LogP contribution in [-0.4, -0.2) is 33.1 Å². The van der Waals surface area contributed by atoms with Crippen molar-refractivity contribution in [3.8, 4) is 0 Å². The Balaban J connectivity index is 1.65. The number of benzene rings is 2. The zero-order valence-corrected chi connectivity index (χ0v) is 15.7. The highest BCUT2D eigenvalue weighted by molar-refractivity contribution is 5.93. The van der Waals surface area contributed by atoms with Crippen LogP contribution in [0.5, 0.6) is 0 Å². The summed E-state index contributed by atoms with van der Waals surface area (Å²) in [7, 11) is 0. The first-order valence-corrected chi connectivity index (χ1v) is 9.24. The van der Waals surface area contributed by atoms with E-state index in [4.69, 9.17) is 4.74 Å². The molecule has 0 atom stereocenters. The zero-order valence-electron chi connectivity index (χ0n) is 15.7. The maximum atomic E-state index is 12.5. The number of esters is 1. The molecular weight excluding hydrogens is 358 g/mol. The molecule has 1 amide bonds. The van der Waals surface area contributed by atoms with E-state index in [-0.39, 0.29) is 25.0 Å². The van der Waals surface area contributed by atoms with E-state index >= 15 is 0 Å². The average Bonchev–Trinajstić information content (AvgIpc) is 3.06. The van der Waals surface area contributed by atoms with Crippen molar-refractivity contribution in [1.82, 2.24) is 9.55 Å². The first kappa shape index (κ1) is 19.6. The number of imidazole rings is 1. The van der Waals surface area contributed by atoms with Gasteiger partial charge in [-0.15, -0.1) is 0 Å². The Hall–Kier alpha value is -3.19. The summed E-state index contributed by atoms with van der Waals surface area (Å²) >= 11 is 0. The van der Waals surface area contributed by atoms with Crippen molar-refractivity contribution < 1.29 is 19.4 Å². The van der Waals surface area contributed by atoms with E-state index in [1.165, 1.54) is 0 Å². The van der Waals surface area contributed by atoms with Crippen LogP contribution in [0.15, 0.2) is 48.5 Å². The van der Waals surface area contributed by atoms with Crippen molar-refractivity contribution in [3.63, 3.8) is 0 Å². The molecule has 1 heterocycles. The Bertz CT molecular complexity index is 963. The zero-order chi connectivity index (χ0) is 19.9. The second-order valence-electron chi connectivity index (χ2n) is 6.38. The number of aliphatic hydroxyl groups is 1. The third-order valence-corrected chi connectivity index (χ3v) is 4.31. The summed E-state index contributed by atoms with van der Waals surface area (Å²) in [6, 6.07) is 14.0. The molecule has 0 saturated carbocycles. The van der Waals surface area contributed by atoms with E-state index in [9.17, 15) is 14.7 Å². The molecule has 3 rings (SSSR count). The first-order chi connectivity index (χ1) is 13.6. The lowest BCUT2D eigenvalue weighted by atomic mass is 10.2. The van der Waals surface area contributed by atoms with Crippen LogP contribution in [0.3, 0.4) is 0 Å². The predicted octanol–water partition coefficient (Wildman–Crippen LogP) is 3.12. The second-order valence-corrected chi connectivity index (χ2v) is 6.38. The Labute approximate surface area is 163 Å². The summed E-state index contributed by atoms with van der Waals surface area (Å²) < 4.78 is 6.85. The van der Waals surface area contributed by atoms with Crippen LogP contribution in [0.2, 0.25) is 0 Å². The highest BCUT2D eigenvalue weighted by atomic mass is 16.5. The standard InChI is InChI=1S/C21H23N3O4/c1-2-3-12-28-21(27)15-8-10-16(11-9-15)22-20(26)13-24-18-7-5-4-6-17(18)23-19(24)14-25/h4-11,25H,2-3,12-14H2,1H3,(H,22,26). The van der Waals surface area contributed by atoms with Gasteiger partial charge in [0.2, 0.25) is 5.91 Å². The number of nitrogens with one attached hydrogen (secondary N) is 1. The van der Waals surface area contributed by atoms with Gasteiger partial charge in [-0.3, -0.25) is 4.79 Å². The second kappa shape index (κ2) is 9.14. The van der Waals surface area contributed by atoms with Gasteiger partial charge in [-0.2, -0.15) is 0 Å². The lowest BCUT2D eigenvalue weighted by Gasteiger charge is -2.10. The van der Waals surface area contributed by atoms with E-state index < -0.39 is 0 Å². The third kappa shape index (κ3) is 4.55. The molecule has 146 valence electrons. The number of rotatable bonds is 8. The lowest BCUT2D eigenvalue weighted by molar-refractivity contribution is -0.116. The van der Waals surface area contributed by atoms with E-state index in [0.29, 0.717) is 23.7 Å². The van der Waals surface area contributed by atoms with Gasteiger partial charge in [0.25, 0.3) is 0 Å². The van der Waals surface area contributed by atoms with Crippen LogP contribution in [-0.2, 0) is 22.7 Å². The van der Waals surface area contributed by atoms with Crippen LogP contribution in [0, 0.1) is 0 Å². The summed E-state index contributed by atoms with van der Waals surface area (Å²) in [6.07, 6.45) is 1.79. The van der Waals surface area contributed by atoms with E-state index in [1.807, 2.05) is 31.2 Å². The normalized spacial score (nSPS) is 10.8. The smallest absolute Gasteiger partial charge is 0.338 e. The molecule has 3 aromatic rings.